The number of nitro groups is 1. The zero-order chi connectivity index (χ0) is 24.5. The van der Waals surface area contributed by atoms with Crippen LogP contribution >= 0.6 is 11.3 Å². The molecule has 2 amide bonds. The van der Waals surface area contributed by atoms with Crippen LogP contribution in [0.15, 0.2) is 78.2 Å². The fraction of sp³-hybridized carbons (Fsp3) is 0.231. The molecular formula is C26H27N3O4S. The highest BCUT2D eigenvalue weighted by Crippen LogP contribution is 2.16. The van der Waals surface area contributed by atoms with E-state index in [1.54, 1.807) is 34.4 Å². The number of amides is 2. The summed E-state index contributed by atoms with van der Waals surface area (Å²) in [6.07, 6.45) is 2.99. The minimum absolute atomic E-state index is 0.0119. The summed E-state index contributed by atoms with van der Waals surface area (Å²) in [7, 11) is 0. The summed E-state index contributed by atoms with van der Waals surface area (Å²) in [6.45, 7) is 4.62. The number of benzene rings is 2. The molecule has 1 aromatic heterocycles. The molecule has 0 radical (unpaired) electrons. The molecule has 0 unspecified atom stereocenters. The molecule has 0 atom stereocenters. The molecule has 0 bridgehead atoms. The first-order valence-electron chi connectivity index (χ1n) is 10.9. The maximum absolute atomic E-state index is 13.3. The van der Waals surface area contributed by atoms with E-state index in [0.29, 0.717) is 18.7 Å². The van der Waals surface area contributed by atoms with Crippen LogP contribution in [-0.2, 0) is 22.7 Å². The molecule has 0 saturated heterocycles. The number of nitro benzene ring substituents is 1. The molecule has 3 rings (SSSR count). The largest absolute Gasteiger partial charge is 0.332 e. The Bertz CT molecular complexity index is 1130. The van der Waals surface area contributed by atoms with Crippen LogP contribution in [0.2, 0.25) is 0 Å². The molecule has 176 valence electrons. The van der Waals surface area contributed by atoms with Crippen molar-refractivity contribution in [1.82, 2.24) is 9.80 Å². The van der Waals surface area contributed by atoms with Crippen LogP contribution in [0.25, 0.3) is 6.08 Å². The summed E-state index contributed by atoms with van der Waals surface area (Å²) in [5.74, 6) is -0.430. The molecule has 7 nitrogen and oxygen atoms in total. The van der Waals surface area contributed by atoms with Gasteiger partial charge in [0.05, 0.1) is 11.5 Å². The van der Waals surface area contributed by atoms with E-state index in [0.717, 1.165) is 10.4 Å². The average Bonchev–Trinajstić information content (AvgIpc) is 3.34. The van der Waals surface area contributed by atoms with Gasteiger partial charge in [0.1, 0.15) is 6.54 Å². The number of hydrogen-bond donors (Lipinski definition) is 0. The third-order valence-electron chi connectivity index (χ3n) is 5.23. The third-order valence-corrected chi connectivity index (χ3v) is 6.09. The number of non-ortho nitro benzene ring substituents is 1. The van der Waals surface area contributed by atoms with Crippen molar-refractivity contribution in [3.05, 3.63) is 104 Å². The molecule has 0 aliphatic rings. The zero-order valence-corrected chi connectivity index (χ0v) is 20.0. The Morgan fingerprint density at radius 3 is 2.29 bits per heavy atom. The second-order valence-electron chi connectivity index (χ2n) is 8.06. The molecule has 8 heteroatoms. The van der Waals surface area contributed by atoms with Gasteiger partial charge in [0.2, 0.25) is 11.8 Å². The number of carbonyl (C=O) groups is 2. The minimum Gasteiger partial charge on any atom is -0.332 e. The van der Waals surface area contributed by atoms with Crippen LogP contribution in [0.3, 0.4) is 0 Å². The van der Waals surface area contributed by atoms with Gasteiger partial charge in [-0.25, -0.2) is 0 Å². The predicted molar refractivity (Wildman–Crippen MR) is 134 cm³/mol. The van der Waals surface area contributed by atoms with E-state index >= 15 is 0 Å². The second-order valence-corrected chi connectivity index (χ2v) is 9.09. The van der Waals surface area contributed by atoms with Crippen molar-refractivity contribution in [1.29, 1.82) is 0 Å². The zero-order valence-electron chi connectivity index (χ0n) is 19.2. The summed E-state index contributed by atoms with van der Waals surface area (Å²) in [5, 5.41) is 12.8. The molecule has 3 aromatic rings. The van der Waals surface area contributed by atoms with E-state index in [2.05, 4.69) is 0 Å². The highest BCUT2D eigenvalue weighted by molar-refractivity contribution is 7.09. The van der Waals surface area contributed by atoms with Gasteiger partial charge in [-0.3, -0.25) is 19.7 Å². The van der Waals surface area contributed by atoms with Gasteiger partial charge < -0.3 is 9.80 Å². The van der Waals surface area contributed by atoms with E-state index in [-0.39, 0.29) is 30.1 Å². The summed E-state index contributed by atoms with van der Waals surface area (Å²) >= 11 is 1.59. The number of thiophene rings is 1. The van der Waals surface area contributed by atoms with Gasteiger partial charge >= 0.3 is 0 Å². The predicted octanol–water partition coefficient (Wildman–Crippen LogP) is 5.14. The van der Waals surface area contributed by atoms with Crippen molar-refractivity contribution in [2.24, 2.45) is 0 Å². The van der Waals surface area contributed by atoms with Gasteiger partial charge in [0, 0.05) is 35.7 Å². The van der Waals surface area contributed by atoms with Crippen LogP contribution in [0.1, 0.15) is 29.9 Å². The number of carbonyl (C=O) groups excluding carboxylic acids is 2. The lowest BCUT2D eigenvalue weighted by molar-refractivity contribution is -0.384. The van der Waals surface area contributed by atoms with E-state index in [1.165, 1.54) is 23.1 Å². The van der Waals surface area contributed by atoms with Gasteiger partial charge in [-0.2, -0.15) is 0 Å². The molecule has 2 aromatic carbocycles. The first-order chi connectivity index (χ1) is 16.3. The number of rotatable bonds is 10. The highest BCUT2D eigenvalue weighted by Gasteiger charge is 2.23. The van der Waals surface area contributed by atoms with Crippen LogP contribution in [-0.4, -0.2) is 39.1 Å². The quantitative estimate of drug-likeness (QED) is 0.230. The normalized spacial score (nSPS) is 11.0. The van der Waals surface area contributed by atoms with Crippen molar-refractivity contribution in [3.8, 4) is 0 Å². The Labute approximate surface area is 203 Å². The monoisotopic (exact) mass is 477 g/mol. The van der Waals surface area contributed by atoms with Gasteiger partial charge in [-0.15, -0.1) is 11.3 Å². The van der Waals surface area contributed by atoms with Crippen LogP contribution in [0.4, 0.5) is 5.69 Å². The third kappa shape index (κ3) is 7.11. The van der Waals surface area contributed by atoms with Gasteiger partial charge in [0.15, 0.2) is 0 Å². The van der Waals surface area contributed by atoms with E-state index in [4.69, 9.17) is 0 Å². The van der Waals surface area contributed by atoms with Crippen LogP contribution < -0.4 is 0 Å². The average molecular weight is 478 g/mol. The Balaban J connectivity index is 1.72. The van der Waals surface area contributed by atoms with Crippen molar-refractivity contribution >= 4 is 34.9 Å². The highest BCUT2D eigenvalue weighted by atomic mass is 32.1. The molecule has 0 fully saturated rings. The lowest BCUT2D eigenvalue weighted by Crippen LogP contribution is -2.44. The lowest BCUT2D eigenvalue weighted by Gasteiger charge is -2.29. The standard InChI is InChI=1S/C26H27N3O4S/c1-20(2)28(25(30)15-12-21-10-13-23(14-11-21)29(32)33)19-26(31)27(18-24-9-6-16-34-24)17-22-7-4-3-5-8-22/h3-16,20H,17-19H2,1-2H3/b15-12+. The Hall–Kier alpha value is -3.78. The molecule has 0 aliphatic carbocycles. The van der Waals surface area contributed by atoms with E-state index < -0.39 is 4.92 Å². The van der Waals surface area contributed by atoms with Crippen LogP contribution in [0, 0.1) is 10.1 Å². The molecule has 0 aliphatic heterocycles. The number of nitrogens with zero attached hydrogens (tertiary/aromatic N) is 3. The molecule has 34 heavy (non-hydrogen) atoms. The smallest absolute Gasteiger partial charge is 0.269 e. The summed E-state index contributed by atoms with van der Waals surface area (Å²) < 4.78 is 0. The Morgan fingerprint density at radius 1 is 1.00 bits per heavy atom. The molecule has 1 heterocycles. The second kappa shape index (κ2) is 11.9. The SMILES string of the molecule is CC(C)N(CC(=O)N(Cc1ccccc1)Cc1cccs1)C(=O)/C=C/c1ccc([N+](=O)[O-])cc1. The van der Waals surface area contributed by atoms with Gasteiger partial charge in [-0.05, 0) is 54.6 Å². The fourth-order valence-electron chi connectivity index (χ4n) is 3.36. The Morgan fingerprint density at radius 2 is 1.71 bits per heavy atom. The first kappa shape index (κ1) is 24.9. The Kier molecular flexibility index (Phi) is 8.70. The summed E-state index contributed by atoms with van der Waals surface area (Å²) in [4.78, 5) is 40.9. The first-order valence-corrected chi connectivity index (χ1v) is 11.8. The fourth-order valence-corrected chi connectivity index (χ4v) is 4.08. The topological polar surface area (TPSA) is 83.8 Å². The minimum atomic E-state index is -0.470. The number of hydrogen-bond acceptors (Lipinski definition) is 5. The van der Waals surface area contributed by atoms with Crippen molar-refractivity contribution < 1.29 is 14.5 Å². The van der Waals surface area contributed by atoms with Gasteiger partial charge in [-0.1, -0.05) is 36.4 Å². The molecule has 0 N–H and O–H groups in total. The maximum atomic E-state index is 13.3. The van der Waals surface area contributed by atoms with Crippen molar-refractivity contribution in [2.45, 2.75) is 33.0 Å². The van der Waals surface area contributed by atoms with Crippen molar-refractivity contribution in [3.63, 3.8) is 0 Å². The van der Waals surface area contributed by atoms with Gasteiger partial charge in [0.25, 0.3) is 5.69 Å². The summed E-state index contributed by atoms with van der Waals surface area (Å²) in [5.41, 5.74) is 1.67. The van der Waals surface area contributed by atoms with Crippen LogP contribution in [0.5, 0.6) is 0 Å². The molecule has 0 spiro atoms. The lowest BCUT2D eigenvalue weighted by atomic mass is 10.2. The molecule has 0 saturated carbocycles. The van der Waals surface area contributed by atoms with E-state index in [1.807, 2.05) is 61.7 Å². The van der Waals surface area contributed by atoms with E-state index in [9.17, 15) is 19.7 Å². The molecular weight excluding hydrogens is 450 g/mol. The van der Waals surface area contributed by atoms with Crippen molar-refractivity contribution in [2.75, 3.05) is 6.54 Å². The maximum Gasteiger partial charge on any atom is 0.269 e. The summed E-state index contributed by atoms with van der Waals surface area (Å²) in [6, 6.07) is 19.5.